The number of thioether (sulfide) groups is 1. The summed E-state index contributed by atoms with van der Waals surface area (Å²) in [6.45, 7) is 2.48. The molecule has 0 N–H and O–H groups in total. The molecule has 0 atom stereocenters. The summed E-state index contributed by atoms with van der Waals surface area (Å²) in [4.78, 5) is 25.8. The Bertz CT molecular complexity index is 717. The summed E-state index contributed by atoms with van der Waals surface area (Å²) in [7, 11) is 0. The van der Waals surface area contributed by atoms with Gasteiger partial charge in [0.05, 0.1) is 15.0 Å². The Morgan fingerprint density at radius 2 is 2.00 bits per heavy atom. The van der Waals surface area contributed by atoms with Crippen molar-refractivity contribution in [1.82, 2.24) is 4.90 Å². The topological polar surface area (TPSA) is 46.6 Å². The monoisotopic (exact) mass is 383 g/mol. The van der Waals surface area contributed by atoms with Gasteiger partial charge in [-0.05, 0) is 42.0 Å². The number of amides is 2. The zero-order chi connectivity index (χ0) is 17.7. The maximum absolute atomic E-state index is 12.3. The van der Waals surface area contributed by atoms with Crippen LogP contribution in [0.3, 0.4) is 0 Å². The van der Waals surface area contributed by atoms with Crippen molar-refractivity contribution in [1.29, 1.82) is 0 Å². The molecule has 1 saturated heterocycles. The van der Waals surface area contributed by atoms with Gasteiger partial charge in [-0.2, -0.15) is 0 Å². The van der Waals surface area contributed by atoms with Crippen LogP contribution in [-0.4, -0.2) is 29.2 Å². The molecule has 1 aromatic carbocycles. The van der Waals surface area contributed by atoms with Crippen LogP contribution in [0, 0.1) is 12.3 Å². The highest BCUT2D eigenvalue weighted by atomic mass is 35.5. The maximum Gasteiger partial charge on any atom is 0.293 e. The summed E-state index contributed by atoms with van der Waals surface area (Å²) in [5.41, 5.74) is 0.610. The Hall–Kier alpha value is -1.61. The molecule has 0 saturated carbocycles. The second-order valence-corrected chi connectivity index (χ2v) is 6.80. The SMILES string of the molecule is C#CCOc1c(Cl)cc(/C=C2\SC(=O)N(CCCC)C2=O)cc1Cl. The van der Waals surface area contributed by atoms with Gasteiger partial charge in [0, 0.05) is 6.54 Å². The number of terminal acetylenes is 1. The summed E-state index contributed by atoms with van der Waals surface area (Å²) in [6, 6.07) is 3.22. The van der Waals surface area contributed by atoms with Gasteiger partial charge in [0.15, 0.2) is 5.75 Å². The zero-order valence-corrected chi connectivity index (χ0v) is 15.3. The molecule has 1 aliphatic heterocycles. The molecule has 0 bridgehead atoms. The predicted molar refractivity (Wildman–Crippen MR) is 98.4 cm³/mol. The van der Waals surface area contributed by atoms with Crippen molar-refractivity contribution in [2.75, 3.05) is 13.2 Å². The van der Waals surface area contributed by atoms with Gasteiger partial charge in [-0.25, -0.2) is 0 Å². The Labute approximate surface area is 155 Å². The molecular weight excluding hydrogens is 369 g/mol. The van der Waals surface area contributed by atoms with Crippen LogP contribution in [0.2, 0.25) is 10.0 Å². The minimum atomic E-state index is -0.293. The molecule has 2 amide bonds. The van der Waals surface area contributed by atoms with E-state index in [1.54, 1.807) is 18.2 Å². The number of rotatable bonds is 6. The fourth-order valence-electron chi connectivity index (χ4n) is 2.07. The lowest BCUT2D eigenvalue weighted by Gasteiger charge is -2.11. The molecule has 2 rings (SSSR count). The van der Waals surface area contributed by atoms with E-state index in [9.17, 15) is 9.59 Å². The number of imide groups is 1. The largest absolute Gasteiger partial charge is 0.478 e. The zero-order valence-electron chi connectivity index (χ0n) is 13.0. The fraction of sp³-hybridized carbons (Fsp3) is 0.294. The third-order valence-corrected chi connectivity index (χ3v) is 4.70. The maximum atomic E-state index is 12.3. The standard InChI is InChI=1S/C17H15Cl2NO3S/c1-3-5-6-20-16(21)14(24-17(20)22)10-11-8-12(18)15(13(19)9-11)23-7-4-2/h2,8-10H,3,5-7H2,1H3/b14-10-. The molecule has 126 valence electrons. The van der Waals surface area contributed by atoms with E-state index in [0.29, 0.717) is 22.8 Å². The first kappa shape index (κ1) is 18.7. The fourth-order valence-corrected chi connectivity index (χ4v) is 3.55. The average Bonchev–Trinajstić information content (AvgIpc) is 2.78. The van der Waals surface area contributed by atoms with E-state index in [4.69, 9.17) is 34.4 Å². The van der Waals surface area contributed by atoms with Crippen molar-refractivity contribution >= 4 is 52.2 Å². The molecule has 0 spiro atoms. The van der Waals surface area contributed by atoms with Crippen LogP contribution in [0.25, 0.3) is 6.08 Å². The van der Waals surface area contributed by atoms with Crippen molar-refractivity contribution in [2.45, 2.75) is 19.8 Å². The minimum Gasteiger partial charge on any atom is -0.478 e. The van der Waals surface area contributed by atoms with Gasteiger partial charge in [-0.15, -0.1) is 6.42 Å². The van der Waals surface area contributed by atoms with E-state index in [1.807, 2.05) is 6.92 Å². The van der Waals surface area contributed by atoms with Crippen molar-refractivity contribution in [3.8, 4) is 18.1 Å². The van der Waals surface area contributed by atoms with E-state index in [1.165, 1.54) is 4.90 Å². The number of halogens is 2. The lowest BCUT2D eigenvalue weighted by Crippen LogP contribution is -2.29. The van der Waals surface area contributed by atoms with Gasteiger partial charge < -0.3 is 4.74 Å². The van der Waals surface area contributed by atoms with Crippen LogP contribution in [0.4, 0.5) is 4.79 Å². The highest BCUT2D eigenvalue weighted by Gasteiger charge is 2.34. The number of hydrogen-bond acceptors (Lipinski definition) is 4. The highest BCUT2D eigenvalue weighted by molar-refractivity contribution is 8.18. The number of nitrogens with zero attached hydrogens (tertiary/aromatic N) is 1. The van der Waals surface area contributed by atoms with Crippen molar-refractivity contribution in [3.63, 3.8) is 0 Å². The van der Waals surface area contributed by atoms with Crippen LogP contribution >= 0.6 is 35.0 Å². The third kappa shape index (κ3) is 4.27. The molecule has 1 heterocycles. The number of unbranched alkanes of at least 4 members (excludes halogenated alkanes) is 1. The van der Waals surface area contributed by atoms with Crippen molar-refractivity contribution < 1.29 is 14.3 Å². The van der Waals surface area contributed by atoms with E-state index in [0.717, 1.165) is 24.6 Å². The first-order valence-electron chi connectivity index (χ1n) is 7.28. The lowest BCUT2D eigenvalue weighted by atomic mass is 10.2. The highest BCUT2D eigenvalue weighted by Crippen LogP contribution is 2.37. The number of hydrogen-bond donors (Lipinski definition) is 0. The van der Waals surface area contributed by atoms with Crippen LogP contribution < -0.4 is 4.74 Å². The molecular formula is C17H15Cl2NO3S. The first-order valence-corrected chi connectivity index (χ1v) is 8.85. The third-order valence-electron chi connectivity index (χ3n) is 3.23. The lowest BCUT2D eigenvalue weighted by molar-refractivity contribution is -0.122. The van der Waals surface area contributed by atoms with Gasteiger partial charge in [0.2, 0.25) is 0 Å². The smallest absolute Gasteiger partial charge is 0.293 e. The van der Waals surface area contributed by atoms with Gasteiger partial charge in [0.1, 0.15) is 6.61 Å². The summed E-state index contributed by atoms with van der Waals surface area (Å²) in [6.07, 6.45) is 8.43. The van der Waals surface area contributed by atoms with Crippen LogP contribution in [0.15, 0.2) is 17.0 Å². The van der Waals surface area contributed by atoms with Crippen LogP contribution in [0.1, 0.15) is 25.3 Å². The second kappa shape index (κ2) is 8.48. The Morgan fingerprint density at radius 1 is 1.33 bits per heavy atom. The van der Waals surface area contributed by atoms with E-state index in [-0.39, 0.29) is 27.8 Å². The Balaban J connectivity index is 2.24. The minimum absolute atomic E-state index is 0.0507. The molecule has 4 nitrogen and oxygen atoms in total. The van der Waals surface area contributed by atoms with Crippen LogP contribution in [-0.2, 0) is 4.79 Å². The molecule has 1 aromatic rings. The number of carbonyl (C=O) groups is 2. The van der Waals surface area contributed by atoms with Crippen LogP contribution in [0.5, 0.6) is 5.75 Å². The molecule has 7 heteroatoms. The van der Waals surface area contributed by atoms with E-state index < -0.39 is 0 Å². The van der Waals surface area contributed by atoms with E-state index >= 15 is 0 Å². The Morgan fingerprint density at radius 3 is 2.58 bits per heavy atom. The molecule has 24 heavy (non-hydrogen) atoms. The normalized spacial score (nSPS) is 15.9. The van der Waals surface area contributed by atoms with Gasteiger partial charge in [-0.1, -0.05) is 42.5 Å². The van der Waals surface area contributed by atoms with Gasteiger partial charge in [0.25, 0.3) is 11.1 Å². The van der Waals surface area contributed by atoms with Gasteiger partial charge >= 0.3 is 0 Å². The summed E-state index contributed by atoms with van der Waals surface area (Å²) in [5.74, 6) is 2.34. The summed E-state index contributed by atoms with van der Waals surface area (Å²) >= 11 is 13.2. The van der Waals surface area contributed by atoms with E-state index in [2.05, 4.69) is 5.92 Å². The average molecular weight is 384 g/mol. The van der Waals surface area contributed by atoms with Gasteiger partial charge in [-0.3, -0.25) is 14.5 Å². The molecule has 0 aliphatic carbocycles. The molecule has 0 unspecified atom stereocenters. The number of ether oxygens (including phenoxy) is 1. The van der Waals surface area contributed by atoms with Crippen molar-refractivity contribution in [2.24, 2.45) is 0 Å². The Kier molecular flexibility index (Phi) is 6.61. The predicted octanol–water partition coefficient (Wildman–Crippen LogP) is 4.84. The molecule has 0 radical (unpaired) electrons. The summed E-state index contributed by atoms with van der Waals surface area (Å²) in [5, 5.41) is 0.314. The quantitative estimate of drug-likeness (QED) is 0.520. The first-order chi connectivity index (χ1) is 11.5. The second-order valence-electron chi connectivity index (χ2n) is 4.99. The van der Waals surface area contributed by atoms with Crippen molar-refractivity contribution in [3.05, 3.63) is 32.6 Å². The number of carbonyl (C=O) groups excluding carboxylic acids is 2. The number of benzene rings is 1. The molecule has 1 fully saturated rings. The molecule has 1 aliphatic rings. The molecule has 0 aromatic heterocycles. The summed E-state index contributed by atoms with van der Waals surface area (Å²) < 4.78 is 5.29.